The first-order valence-electron chi connectivity index (χ1n) is 7.59. The van der Waals surface area contributed by atoms with Crippen molar-refractivity contribution in [3.05, 3.63) is 40.8 Å². The molecule has 6 nitrogen and oxygen atoms in total. The van der Waals surface area contributed by atoms with Crippen molar-refractivity contribution in [2.45, 2.75) is 19.8 Å². The zero-order chi connectivity index (χ0) is 15.5. The SMILES string of the molecule is CCOC(=O)[C@H]1CCCN(c2cc(=O)n3ccccc3n2)C1. The summed E-state index contributed by atoms with van der Waals surface area (Å²) in [4.78, 5) is 30.6. The first-order valence-corrected chi connectivity index (χ1v) is 7.59. The highest BCUT2D eigenvalue weighted by molar-refractivity contribution is 5.73. The smallest absolute Gasteiger partial charge is 0.310 e. The summed E-state index contributed by atoms with van der Waals surface area (Å²) in [6, 6.07) is 6.98. The van der Waals surface area contributed by atoms with E-state index >= 15 is 0 Å². The Kier molecular flexibility index (Phi) is 4.09. The maximum Gasteiger partial charge on any atom is 0.310 e. The van der Waals surface area contributed by atoms with Crippen LogP contribution in [0.3, 0.4) is 0 Å². The molecule has 0 saturated carbocycles. The number of rotatable bonds is 3. The van der Waals surface area contributed by atoms with Crippen molar-refractivity contribution < 1.29 is 9.53 Å². The molecule has 0 unspecified atom stereocenters. The molecule has 0 radical (unpaired) electrons. The third kappa shape index (κ3) is 2.81. The summed E-state index contributed by atoms with van der Waals surface area (Å²) >= 11 is 0. The van der Waals surface area contributed by atoms with Gasteiger partial charge in [0.05, 0.1) is 12.5 Å². The zero-order valence-electron chi connectivity index (χ0n) is 12.6. The third-order valence-electron chi connectivity index (χ3n) is 3.92. The van der Waals surface area contributed by atoms with E-state index in [2.05, 4.69) is 4.98 Å². The van der Waals surface area contributed by atoms with Crippen molar-refractivity contribution in [2.24, 2.45) is 5.92 Å². The molecule has 3 rings (SSSR count). The second kappa shape index (κ2) is 6.17. The number of pyridine rings is 1. The maximum absolute atomic E-state index is 12.2. The molecule has 1 aliphatic heterocycles. The predicted molar refractivity (Wildman–Crippen MR) is 83.0 cm³/mol. The number of carbonyl (C=O) groups is 1. The molecule has 116 valence electrons. The van der Waals surface area contributed by atoms with E-state index in [4.69, 9.17) is 4.74 Å². The summed E-state index contributed by atoms with van der Waals surface area (Å²) in [5, 5.41) is 0. The van der Waals surface area contributed by atoms with E-state index in [1.54, 1.807) is 18.3 Å². The molecule has 0 spiro atoms. The van der Waals surface area contributed by atoms with Gasteiger partial charge in [0.2, 0.25) is 0 Å². The number of nitrogens with zero attached hydrogens (tertiary/aromatic N) is 3. The highest BCUT2D eigenvalue weighted by atomic mass is 16.5. The van der Waals surface area contributed by atoms with E-state index in [1.165, 1.54) is 10.5 Å². The van der Waals surface area contributed by atoms with Crippen LogP contribution in [0.4, 0.5) is 5.82 Å². The Morgan fingerprint density at radius 3 is 3.14 bits per heavy atom. The van der Waals surface area contributed by atoms with Gasteiger partial charge in [-0.25, -0.2) is 4.98 Å². The van der Waals surface area contributed by atoms with Crippen molar-refractivity contribution in [3.63, 3.8) is 0 Å². The van der Waals surface area contributed by atoms with Crippen LogP contribution in [0.15, 0.2) is 35.3 Å². The fourth-order valence-corrected chi connectivity index (χ4v) is 2.84. The fraction of sp³-hybridized carbons (Fsp3) is 0.438. The topological polar surface area (TPSA) is 63.9 Å². The molecule has 2 aromatic rings. The molecular formula is C16H19N3O3. The van der Waals surface area contributed by atoms with Crippen molar-refractivity contribution in [3.8, 4) is 0 Å². The second-order valence-electron chi connectivity index (χ2n) is 5.42. The molecule has 1 fully saturated rings. The van der Waals surface area contributed by atoms with Crippen molar-refractivity contribution >= 4 is 17.4 Å². The van der Waals surface area contributed by atoms with Gasteiger partial charge in [0, 0.05) is 25.4 Å². The number of anilines is 1. The lowest BCUT2D eigenvalue weighted by atomic mass is 9.98. The van der Waals surface area contributed by atoms with Crippen LogP contribution >= 0.6 is 0 Å². The van der Waals surface area contributed by atoms with Gasteiger partial charge in [-0.2, -0.15) is 0 Å². The van der Waals surface area contributed by atoms with Gasteiger partial charge >= 0.3 is 5.97 Å². The molecule has 0 aliphatic carbocycles. The van der Waals surface area contributed by atoms with Gasteiger partial charge in [-0.15, -0.1) is 0 Å². The number of ether oxygens (including phenoxy) is 1. The zero-order valence-corrected chi connectivity index (χ0v) is 12.6. The van der Waals surface area contributed by atoms with Gasteiger partial charge in [-0.3, -0.25) is 14.0 Å². The highest BCUT2D eigenvalue weighted by Gasteiger charge is 2.27. The van der Waals surface area contributed by atoms with E-state index in [-0.39, 0.29) is 17.4 Å². The van der Waals surface area contributed by atoms with Crippen LogP contribution in [0.2, 0.25) is 0 Å². The summed E-state index contributed by atoms with van der Waals surface area (Å²) < 4.78 is 6.62. The Labute approximate surface area is 128 Å². The van der Waals surface area contributed by atoms with Crippen LogP contribution in [0.1, 0.15) is 19.8 Å². The van der Waals surface area contributed by atoms with E-state index in [1.807, 2.05) is 17.9 Å². The van der Waals surface area contributed by atoms with E-state index < -0.39 is 0 Å². The van der Waals surface area contributed by atoms with Crippen LogP contribution < -0.4 is 10.5 Å². The number of esters is 1. The van der Waals surface area contributed by atoms with Gasteiger partial charge in [-0.1, -0.05) is 6.07 Å². The van der Waals surface area contributed by atoms with Crippen molar-refractivity contribution in [1.29, 1.82) is 0 Å². The van der Waals surface area contributed by atoms with E-state index in [0.717, 1.165) is 19.4 Å². The lowest BCUT2D eigenvalue weighted by Crippen LogP contribution is -2.40. The second-order valence-corrected chi connectivity index (χ2v) is 5.42. The van der Waals surface area contributed by atoms with E-state index in [0.29, 0.717) is 24.6 Å². The molecule has 1 saturated heterocycles. The van der Waals surface area contributed by atoms with Crippen LogP contribution in [-0.4, -0.2) is 35.1 Å². The minimum Gasteiger partial charge on any atom is -0.466 e. The molecule has 0 amide bonds. The summed E-state index contributed by atoms with van der Waals surface area (Å²) in [5.41, 5.74) is 0.502. The Morgan fingerprint density at radius 2 is 2.32 bits per heavy atom. The third-order valence-corrected chi connectivity index (χ3v) is 3.92. The monoisotopic (exact) mass is 301 g/mol. The Hall–Kier alpha value is -2.37. The minimum atomic E-state index is -0.162. The van der Waals surface area contributed by atoms with Crippen LogP contribution in [0.5, 0.6) is 0 Å². The lowest BCUT2D eigenvalue weighted by Gasteiger charge is -2.32. The molecular weight excluding hydrogens is 282 g/mol. The number of hydrogen-bond donors (Lipinski definition) is 0. The first-order chi connectivity index (χ1) is 10.7. The summed E-state index contributed by atoms with van der Waals surface area (Å²) in [6.07, 6.45) is 3.41. The predicted octanol–water partition coefficient (Wildman–Crippen LogP) is 1.47. The summed E-state index contributed by atoms with van der Waals surface area (Å²) in [7, 11) is 0. The molecule has 0 bridgehead atoms. The molecule has 0 N–H and O–H groups in total. The maximum atomic E-state index is 12.2. The van der Waals surface area contributed by atoms with Crippen LogP contribution in [0, 0.1) is 5.92 Å². The number of fused-ring (bicyclic) bond motifs is 1. The Balaban J connectivity index is 1.87. The fourth-order valence-electron chi connectivity index (χ4n) is 2.84. The number of aromatic nitrogens is 2. The lowest BCUT2D eigenvalue weighted by molar-refractivity contribution is -0.148. The van der Waals surface area contributed by atoms with Crippen LogP contribution in [0.25, 0.3) is 5.65 Å². The Morgan fingerprint density at radius 1 is 1.45 bits per heavy atom. The average Bonchev–Trinajstić information content (AvgIpc) is 2.55. The molecule has 0 aromatic carbocycles. The van der Waals surface area contributed by atoms with Gasteiger partial charge in [-0.05, 0) is 31.9 Å². The summed E-state index contributed by atoms with van der Waals surface area (Å²) in [6.45, 7) is 3.55. The minimum absolute atomic E-state index is 0.112. The Bertz CT molecular complexity index is 741. The first kappa shape index (κ1) is 14.6. The van der Waals surface area contributed by atoms with Gasteiger partial charge < -0.3 is 9.64 Å². The molecule has 1 atom stereocenters. The molecule has 2 aromatic heterocycles. The number of carbonyl (C=O) groups excluding carboxylic acids is 1. The molecule has 3 heterocycles. The van der Waals surface area contributed by atoms with Crippen molar-refractivity contribution in [1.82, 2.24) is 9.38 Å². The van der Waals surface area contributed by atoms with Gasteiger partial charge in [0.25, 0.3) is 5.56 Å². The number of piperidine rings is 1. The average molecular weight is 301 g/mol. The number of hydrogen-bond acceptors (Lipinski definition) is 5. The van der Waals surface area contributed by atoms with Crippen molar-refractivity contribution in [2.75, 3.05) is 24.6 Å². The molecule has 1 aliphatic rings. The highest BCUT2D eigenvalue weighted by Crippen LogP contribution is 2.22. The summed E-state index contributed by atoms with van der Waals surface area (Å²) in [5.74, 6) is 0.319. The van der Waals surface area contributed by atoms with E-state index in [9.17, 15) is 9.59 Å². The standard InChI is InChI=1S/C16H19N3O3/c1-2-22-16(21)12-6-5-8-18(11-12)14-10-15(20)19-9-4-3-7-13(19)17-14/h3-4,7,9-10,12H,2,5-6,8,11H2,1H3/t12-/m0/s1. The molecule has 6 heteroatoms. The largest absolute Gasteiger partial charge is 0.466 e. The van der Waals surface area contributed by atoms with Gasteiger partial charge in [0.1, 0.15) is 11.5 Å². The van der Waals surface area contributed by atoms with Gasteiger partial charge in [0.15, 0.2) is 0 Å². The quantitative estimate of drug-likeness (QED) is 0.803. The molecule has 22 heavy (non-hydrogen) atoms. The normalized spacial score (nSPS) is 18.4. The van der Waals surface area contributed by atoms with Crippen LogP contribution in [-0.2, 0) is 9.53 Å².